The molecule has 0 aliphatic carbocycles. The van der Waals surface area contributed by atoms with E-state index in [-0.39, 0.29) is 12.1 Å². The lowest BCUT2D eigenvalue weighted by Crippen LogP contribution is -2.33. The van der Waals surface area contributed by atoms with Crippen molar-refractivity contribution in [1.29, 1.82) is 0 Å². The van der Waals surface area contributed by atoms with Gasteiger partial charge in [-0.15, -0.1) is 0 Å². The lowest BCUT2D eigenvalue weighted by Gasteiger charge is -2.22. The normalized spacial score (nSPS) is 17.4. The molecule has 10 nitrogen and oxygen atoms in total. The molecule has 1 aliphatic heterocycles. The molecule has 0 bridgehead atoms. The molecule has 1 unspecified atom stereocenters. The third-order valence-corrected chi connectivity index (χ3v) is 3.74. The first-order valence-corrected chi connectivity index (χ1v) is 9.05. The molecule has 0 aromatic carbocycles. The van der Waals surface area contributed by atoms with Crippen LogP contribution in [0.5, 0.6) is 0 Å². The van der Waals surface area contributed by atoms with Crippen LogP contribution in [-0.2, 0) is 14.2 Å². The summed E-state index contributed by atoms with van der Waals surface area (Å²) in [4.78, 5) is 14.2. The van der Waals surface area contributed by atoms with Crippen molar-refractivity contribution in [2.75, 3.05) is 38.4 Å². The Morgan fingerprint density at radius 2 is 2.30 bits per heavy atom. The van der Waals surface area contributed by atoms with Crippen LogP contribution in [0.1, 0.15) is 19.3 Å². The highest BCUT2D eigenvalue weighted by molar-refractivity contribution is 6.30. The zero-order valence-corrected chi connectivity index (χ0v) is 15.6. The van der Waals surface area contributed by atoms with Crippen molar-refractivity contribution in [2.24, 2.45) is 0 Å². The van der Waals surface area contributed by atoms with Crippen LogP contribution >= 0.6 is 11.6 Å². The highest BCUT2D eigenvalue weighted by atomic mass is 35.5. The molecule has 2 heterocycles. The number of hydrazine groups is 1. The van der Waals surface area contributed by atoms with Crippen LogP contribution in [0.25, 0.3) is 0 Å². The van der Waals surface area contributed by atoms with E-state index in [2.05, 4.69) is 21.2 Å². The number of anilines is 1. The minimum Gasteiger partial charge on any atom is -0.377 e. The maximum Gasteiger partial charge on any atom is 0.275 e. The van der Waals surface area contributed by atoms with Crippen LogP contribution in [0.4, 0.5) is 5.82 Å². The van der Waals surface area contributed by atoms with E-state index in [0.717, 1.165) is 32.1 Å². The van der Waals surface area contributed by atoms with Gasteiger partial charge in [-0.05, 0) is 31.4 Å². The Labute approximate surface area is 162 Å². The lowest BCUT2D eigenvalue weighted by molar-refractivity contribution is -0.404. The van der Waals surface area contributed by atoms with Crippen LogP contribution in [0, 0.1) is 10.1 Å². The van der Waals surface area contributed by atoms with Crippen LogP contribution in [0.15, 0.2) is 30.4 Å². The third-order valence-electron chi connectivity index (χ3n) is 3.52. The number of halogens is 1. The van der Waals surface area contributed by atoms with E-state index >= 15 is 0 Å². The molecular formula is C16H24ClN5O5. The second-order valence-electron chi connectivity index (χ2n) is 5.65. The first-order chi connectivity index (χ1) is 13.1. The number of hydrogen-bond acceptors (Lipinski definition) is 9. The van der Waals surface area contributed by atoms with Crippen molar-refractivity contribution in [3.8, 4) is 0 Å². The molecule has 150 valence electrons. The molecule has 3 N–H and O–H groups in total. The average molecular weight is 402 g/mol. The molecule has 1 atom stereocenters. The zero-order valence-electron chi connectivity index (χ0n) is 14.9. The van der Waals surface area contributed by atoms with Gasteiger partial charge in [0.05, 0.1) is 29.8 Å². The van der Waals surface area contributed by atoms with Gasteiger partial charge in [0.15, 0.2) is 12.1 Å². The van der Waals surface area contributed by atoms with Crippen LogP contribution in [0.2, 0.25) is 5.02 Å². The first kappa shape index (κ1) is 21.2. The molecule has 0 spiro atoms. The zero-order chi connectivity index (χ0) is 19.3. The van der Waals surface area contributed by atoms with Gasteiger partial charge in [0.2, 0.25) is 0 Å². The summed E-state index contributed by atoms with van der Waals surface area (Å²) < 4.78 is 16.4. The van der Waals surface area contributed by atoms with Gasteiger partial charge < -0.3 is 19.5 Å². The van der Waals surface area contributed by atoms with Gasteiger partial charge in [-0.3, -0.25) is 21.0 Å². The van der Waals surface area contributed by atoms with Crippen molar-refractivity contribution in [1.82, 2.24) is 15.7 Å². The Bertz CT molecular complexity index is 595. The number of nitrogens with one attached hydrogen (secondary N) is 3. The van der Waals surface area contributed by atoms with Crippen molar-refractivity contribution in [3.63, 3.8) is 0 Å². The molecule has 11 heteroatoms. The minimum atomic E-state index is -0.564. The van der Waals surface area contributed by atoms with Crippen LogP contribution in [-0.4, -0.2) is 49.2 Å². The summed E-state index contributed by atoms with van der Waals surface area (Å²) in [6.07, 6.45) is 5.26. The highest BCUT2D eigenvalue weighted by Gasteiger charge is 2.13. The predicted octanol–water partition coefficient (Wildman–Crippen LogP) is 1.88. The quantitative estimate of drug-likeness (QED) is 0.274. The SMILES string of the molecule is O=[N+]([O-])/C=C(/NCCOCCOC1CCCCO1)NNc1ccc(Cl)cn1. The van der Waals surface area contributed by atoms with Crippen LogP contribution in [0.3, 0.4) is 0 Å². The molecule has 0 amide bonds. The Hall–Kier alpha value is -2.14. The topological polar surface area (TPSA) is 120 Å². The molecule has 0 saturated carbocycles. The van der Waals surface area contributed by atoms with Crippen LogP contribution < -0.4 is 16.2 Å². The van der Waals surface area contributed by atoms with Crippen molar-refractivity contribution >= 4 is 17.4 Å². The molecule has 0 radical (unpaired) electrons. The predicted molar refractivity (Wildman–Crippen MR) is 99.4 cm³/mol. The minimum absolute atomic E-state index is 0.133. The summed E-state index contributed by atoms with van der Waals surface area (Å²) in [6.45, 7) is 2.36. The first-order valence-electron chi connectivity index (χ1n) is 8.67. The summed E-state index contributed by atoms with van der Waals surface area (Å²) in [5, 5.41) is 14.1. The van der Waals surface area contributed by atoms with Gasteiger partial charge in [0.25, 0.3) is 6.20 Å². The number of rotatable bonds is 12. The molecule has 27 heavy (non-hydrogen) atoms. The number of hydrogen-bond donors (Lipinski definition) is 3. The molecule has 1 aromatic heterocycles. The lowest BCUT2D eigenvalue weighted by atomic mass is 10.2. The van der Waals surface area contributed by atoms with Crippen molar-refractivity contribution < 1.29 is 19.1 Å². The molecule has 1 fully saturated rings. The standard InChI is InChI=1S/C16H24ClN5O5/c17-13-4-5-14(19-11-13)20-21-15(12-22(23)24)18-6-8-25-9-10-27-16-3-1-2-7-26-16/h4-5,11-12,16,18,21H,1-3,6-10H2,(H,19,20)/b15-12-. The number of nitrogens with zero attached hydrogens (tertiary/aromatic N) is 2. The van der Waals surface area contributed by atoms with E-state index in [0.29, 0.717) is 37.2 Å². The van der Waals surface area contributed by atoms with Crippen molar-refractivity contribution in [3.05, 3.63) is 45.5 Å². The number of aromatic nitrogens is 1. The van der Waals surface area contributed by atoms with E-state index in [1.54, 1.807) is 12.1 Å². The van der Waals surface area contributed by atoms with Gasteiger partial charge in [0.1, 0.15) is 5.82 Å². The summed E-state index contributed by atoms with van der Waals surface area (Å²) >= 11 is 5.75. The second kappa shape index (κ2) is 12.3. The highest BCUT2D eigenvalue weighted by Crippen LogP contribution is 2.13. The maximum absolute atomic E-state index is 10.7. The summed E-state index contributed by atoms with van der Waals surface area (Å²) in [5.41, 5.74) is 5.43. The second-order valence-corrected chi connectivity index (χ2v) is 6.08. The summed E-state index contributed by atoms with van der Waals surface area (Å²) in [6, 6.07) is 3.29. The molecule has 1 aromatic rings. The van der Waals surface area contributed by atoms with E-state index in [1.807, 2.05) is 0 Å². The van der Waals surface area contributed by atoms with Gasteiger partial charge in [-0.2, -0.15) is 0 Å². The fraction of sp³-hybridized carbons (Fsp3) is 0.562. The number of nitro groups is 1. The molecule has 1 aliphatic rings. The van der Waals surface area contributed by atoms with Crippen molar-refractivity contribution in [2.45, 2.75) is 25.6 Å². The number of pyridine rings is 1. The maximum atomic E-state index is 10.7. The van der Waals surface area contributed by atoms with E-state index < -0.39 is 4.92 Å². The Morgan fingerprint density at radius 3 is 3.00 bits per heavy atom. The Morgan fingerprint density at radius 1 is 1.41 bits per heavy atom. The number of ether oxygens (including phenoxy) is 3. The molecule has 2 rings (SSSR count). The Kier molecular flexibility index (Phi) is 9.63. The van der Waals surface area contributed by atoms with Gasteiger partial charge in [-0.25, -0.2) is 4.98 Å². The molecule has 1 saturated heterocycles. The largest absolute Gasteiger partial charge is 0.377 e. The third kappa shape index (κ3) is 9.38. The average Bonchev–Trinajstić information content (AvgIpc) is 2.67. The van der Waals surface area contributed by atoms with E-state index in [1.165, 1.54) is 6.20 Å². The van der Waals surface area contributed by atoms with Gasteiger partial charge >= 0.3 is 0 Å². The summed E-state index contributed by atoms with van der Waals surface area (Å²) in [7, 11) is 0. The fourth-order valence-electron chi connectivity index (χ4n) is 2.25. The molecular weight excluding hydrogens is 378 g/mol. The summed E-state index contributed by atoms with van der Waals surface area (Å²) in [5.74, 6) is 0.640. The fourth-order valence-corrected chi connectivity index (χ4v) is 2.36. The van der Waals surface area contributed by atoms with Gasteiger partial charge in [0, 0.05) is 19.3 Å². The van der Waals surface area contributed by atoms with E-state index in [9.17, 15) is 10.1 Å². The van der Waals surface area contributed by atoms with Gasteiger partial charge in [-0.1, -0.05) is 11.6 Å². The monoisotopic (exact) mass is 401 g/mol. The smallest absolute Gasteiger partial charge is 0.275 e. The Balaban J connectivity index is 1.59. The van der Waals surface area contributed by atoms with E-state index in [4.69, 9.17) is 25.8 Å².